The van der Waals surface area contributed by atoms with Crippen LogP contribution in [0, 0.1) is 6.92 Å². The van der Waals surface area contributed by atoms with Crippen molar-refractivity contribution >= 4 is 22.9 Å². The monoisotopic (exact) mass is 228 g/mol. The molecule has 1 heterocycles. The number of hydrogen-bond acceptors (Lipinski definition) is 1. The molecule has 0 unspecified atom stereocenters. The van der Waals surface area contributed by atoms with E-state index in [1.807, 2.05) is 18.3 Å². The molecule has 1 amide bonds. The first kappa shape index (κ1) is 11.5. The summed E-state index contributed by atoms with van der Waals surface area (Å²) in [6.07, 6.45) is 5.95. The van der Waals surface area contributed by atoms with Gasteiger partial charge in [0.15, 0.2) is 0 Å². The van der Waals surface area contributed by atoms with E-state index in [1.54, 1.807) is 0 Å². The van der Waals surface area contributed by atoms with E-state index in [-0.39, 0.29) is 5.91 Å². The van der Waals surface area contributed by atoms with Crippen molar-refractivity contribution in [2.45, 2.75) is 13.8 Å². The van der Waals surface area contributed by atoms with E-state index in [1.165, 1.54) is 17.9 Å². The molecule has 2 rings (SSSR count). The van der Waals surface area contributed by atoms with Crippen molar-refractivity contribution in [1.29, 1.82) is 0 Å². The lowest BCUT2D eigenvalue weighted by Gasteiger charge is -1.96. The van der Waals surface area contributed by atoms with Crippen molar-refractivity contribution in [2.75, 3.05) is 6.54 Å². The van der Waals surface area contributed by atoms with Crippen molar-refractivity contribution in [1.82, 2.24) is 10.3 Å². The van der Waals surface area contributed by atoms with Gasteiger partial charge in [0.05, 0.1) is 0 Å². The summed E-state index contributed by atoms with van der Waals surface area (Å²) in [4.78, 5) is 13.9. The Bertz CT molecular complexity index is 567. The average Bonchev–Trinajstić information content (AvgIpc) is 2.66. The van der Waals surface area contributed by atoms with Crippen LogP contribution in [-0.4, -0.2) is 17.4 Å². The molecule has 3 nitrogen and oxygen atoms in total. The highest BCUT2D eigenvalue weighted by molar-refractivity contribution is 5.89. The van der Waals surface area contributed by atoms with Gasteiger partial charge < -0.3 is 10.3 Å². The van der Waals surface area contributed by atoms with Gasteiger partial charge in [-0.05, 0) is 24.1 Å². The number of aromatic amines is 1. The summed E-state index contributed by atoms with van der Waals surface area (Å²) in [6.45, 7) is 4.16. The Balaban J connectivity index is 2.16. The molecule has 0 spiro atoms. The normalized spacial score (nSPS) is 11.2. The zero-order chi connectivity index (χ0) is 12.3. The Hall–Kier alpha value is -2.03. The van der Waals surface area contributed by atoms with Crippen LogP contribution < -0.4 is 5.32 Å². The Morgan fingerprint density at radius 1 is 1.47 bits per heavy atom. The molecule has 3 heteroatoms. The zero-order valence-corrected chi connectivity index (χ0v) is 10.1. The van der Waals surface area contributed by atoms with Gasteiger partial charge in [0, 0.05) is 30.6 Å². The molecule has 17 heavy (non-hydrogen) atoms. The largest absolute Gasteiger partial charge is 0.361 e. The van der Waals surface area contributed by atoms with Crippen LogP contribution in [-0.2, 0) is 4.79 Å². The number of benzene rings is 1. The predicted octanol–water partition coefficient (Wildman–Crippen LogP) is 2.63. The van der Waals surface area contributed by atoms with Crippen molar-refractivity contribution in [3.8, 4) is 0 Å². The number of fused-ring (bicyclic) bond motifs is 1. The van der Waals surface area contributed by atoms with Crippen molar-refractivity contribution < 1.29 is 4.79 Å². The Labute approximate surface area is 101 Å². The van der Waals surface area contributed by atoms with Gasteiger partial charge in [0.1, 0.15) is 0 Å². The number of nitrogens with one attached hydrogen (secondary N) is 2. The van der Waals surface area contributed by atoms with E-state index in [0.29, 0.717) is 6.54 Å². The van der Waals surface area contributed by atoms with Gasteiger partial charge in [-0.2, -0.15) is 0 Å². The van der Waals surface area contributed by atoms with Crippen molar-refractivity contribution in [3.63, 3.8) is 0 Å². The molecular weight excluding hydrogens is 212 g/mol. The minimum Gasteiger partial charge on any atom is -0.361 e. The van der Waals surface area contributed by atoms with Gasteiger partial charge in [0.2, 0.25) is 5.91 Å². The number of carbonyl (C=O) groups excluding carboxylic acids is 1. The number of H-pyrrole nitrogens is 1. The Morgan fingerprint density at radius 2 is 2.29 bits per heavy atom. The molecule has 1 aromatic heterocycles. The van der Waals surface area contributed by atoms with Gasteiger partial charge in [-0.25, -0.2) is 0 Å². The van der Waals surface area contributed by atoms with E-state index < -0.39 is 0 Å². The summed E-state index contributed by atoms with van der Waals surface area (Å²) in [5.41, 5.74) is 3.53. The molecule has 2 N–H and O–H groups in total. The van der Waals surface area contributed by atoms with Crippen LogP contribution in [0.15, 0.2) is 30.5 Å². The third-order valence-corrected chi connectivity index (χ3v) is 2.64. The number of rotatable bonds is 3. The summed E-state index contributed by atoms with van der Waals surface area (Å²) in [5.74, 6) is -0.01000. The highest BCUT2D eigenvalue weighted by Gasteiger charge is 1.99. The van der Waals surface area contributed by atoms with Gasteiger partial charge in [-0.15, -0.1) is 0 Å². The highest BCUT2D eigenvalue weighted by Crippen LogP contribution is 2.20. The van der Waals surface area contributed by atoms with Crippen LogP contribution in [0.4, 0.5) is 0 Å². The van der Waals surface area contributed by atoms with E-state index in [0.717, 1.165) is 11.1 Å². The summed E-state index contributed by atoms with van der Waals surface area (Å²) >= 11 is 0. The maximum absolute atomic E-state index is 10.7. The molecular formula is C14H16N2O. The van der Waals surface area contributed by atoms with Gasteiger partial charge in [-0.1, -0.05) is 24.3 Å². The summed E-state index contributed by atoms with van der Waals surface area (Å²) in [5, 5.41) is 3.93. The van der Waals surface area contributed by atoms with Gasteiger partial charge in [-0.3, -0.25) is 4.79 Å². The minimum atomic E-state index is -0.01000. The topological polar surface area (TPSA) is 44.9 Å². The fourth-order valence-corrected chi connectivity index (χ4v) is 1.79. The van der Waals surface area contributed by atoms with E-state index in [2.05, 4.69) is 35.4 Å². The van der Waals surface area contributed by atoms with E-state index in [4.69, 9.17) is 0 Å². The lowest BCUT2D eigenvalue weighted by atomic mass is 10.1. The van der Waals surface area contributed by atoms with Crippen LogP contribution in [0.25, 0.3) is 17.0 Å². The summed E-state index contributed by atoms with van der Waals surface area (Å²) in [7, 11) is 0. The number of aryl methyl sites for hydroxylation is 1. The van der Waals surface area contributed by atoms with Crippen LogP contribution in [0.3, 0.4) is 0 Å². The lowest BCUT2D eigenvalue weighted by Crippen LogP contribution is -2.19. The third kappa shape index (κ3) is 2.75. The second kappa shape index (κ2) is 4.87. The zero-order valence-electron chi connectivity index (χ0n) is 10.1. The number of hydrogen-bond donors (Lipinski definition) is 2. The smallest absolute Gasteiger partial charge is 0.217 e. The standard InChI is InChI=1S/C14H16N2O/c1-10-5-6-13-12(9-16-14(13)8-10)4-3-7-15-11(2)17/h3-6,8-9,16H,7H2,1-2H3,(H,15,17). The second-order valence-corrected chi connectivity index (χ2v) is 4.13. The second-order valence-electron chi connectivity index (χ2n) is 4.13. The first-order valence-electron chi connectivity index (χ1n) is 5.65. The van der Waals surface area contributed by atoms with Crippen molar-refractivity contribution in [2.24, 2.45) is 0 Å². The fraction of sp³-hybridized carbons (Fsp3) is 0.214. The van der Waals surface area contributed by atoms with E-state index in [9.17, 15) is 4.79 Å². The number of amides is 1. The maximum Gasteiger partial charge on any atom is 0.217 e. The quantitative estimate of drug-likeness (QED) is 0.833. The fourth-order valence-electron chi connectivity index (χ4n) is 1.79. The molecule has 0 aliphatic rings. The molecule has 2 aromatic rings. The molecule has 88 valence electrons. The van der Waals surface area contributed by atoms with Crippen LogP contribution in [0.2, 0.25) is 0 Å². The van der Waals surface area contributed by atoms with Crippen LogP contribution >= 0.6 is 0 Å². The van der Waals surface area contributed by atoms with Crippen molar-refractivity contribution in [3.05, 3.63) is 41.6 Å². The number of aromatic nitrogens is 1. The molecule has 0 saturated carbocycles. The molecule has 0 bridgehead atoms. The third-order valence-electron chi connectivity index (χ3n) is 2.64. The first-order valence-corrected chi connectivity index (χ1v) is 5.65. The lowest BCUT2D eigenvalue weighted by molar-refractivity contribution is -0.118. The highest BCUT2D eigenvalue weighted by atomic mass is 16.1. The molecule has 1 aromatic carbocycles. The SMILES string of the molecule is CC(=O)NCC=Cc1c[nH]c2cc(C)ccc12. The van der Waals surface area contributed by atoms with Gasteiger partial charge >= 0.3 is 0 Å². The van der Waals surface area contributed by atoms with Crippen LogP contribution in [0.5, 0.6) is 0 Å². The predicted molar refractivity (Wildman–Crippen MR) is 70.8 cm³/mol. The summed E-state index contributed by atoms with van der Waals surface area (Å²) < 4.78 is 0. The molecule has 0 saturated heterocycles. The molecule has 0 aliphatic carbocycles. The van der Waals surface area contributed by atoms with Crippen LogP contribution in [0.1, 0.15) is 18.1 Å². The Kier molecular flexibility index (Phi) is 3.28. The molecule has 0 radical (unpaired) electrons. The Morgan fingerprint density at radius 3 is 3.06 bits per heavy atom. The van der Waals surface area contributed by atoms with E-state index >= 15 is 0 Å². The summed E-state index contributed by atoms with van der Waals surface area (Å²) in [6, 6.07) is 6.33. The molecule has 0 atom stereocenters. The maximum atomic E-state index is 10.7. The molecule has 0 aliphatic heterocycles. The molecule has 0 fully saturated rings. The average molecular weight is 228 g/mol. The first-order chi connectivity index (χ1) is 8.16. The minimum absolute atomic E-state index is 0.01000. The number of carbonyl (C=O) groups is 1. The van der Waals surface area contributed by atoms with Gasteiger partial charge in [0.25, 0.3) is 0 Å².